The Morgan fingerprint density at radius 1 is 0.952 bits per heavy atom. The van der Waals surface area contributed by atoms with E-state index in [-0.39, 0.29) is 18.2 Å². The predicted octanol–water partition coefficient (Wildman–Crippen LogP) is 3.57. The van der Waals surface area contributed by atoms with Crippen molar-refractivity contribution in [1.29, 1.82) is 0 Å². The van der Waals surface area contributed by atoms with Crippen molar-refractivity contribution in [2.24, 2.45) is 0 Å². The van der Waals surface area contributed by atoms with Gasteiger partial charge in [0, 0.05) is 11.1 Å². The summed E-state index contributed by atoms with van der Waals surface area (Å²) in [6.45, 7) is 0.0365. The molecule has 104 valence electrons. The Bertz CT molecular complexity index is 724. The normalized spacial score (nSPS) is 17.2. The largest absolute Gasteiger partial charge is 0.327 e. The number of hydrogen-bond donors (Lipinski definition) is 0. The molecule has 1 aliphatic rings. The van der Waals surface area contributed by atoms with E-state index in [9.17, 15) is 14.2 Å². The summed E-state index contributed by atoms with van der Waals surface area (Å²) in [7, 11) is -0.450. The highest BCUT2D eigenvalue weighted by Gasteiger charge is 2.40. The third kappa shape index (κ3) is 2.33. The lowest BCUT2D eigenvalue weighted by atomic mass is 9.94. The van der Waals surface area contributed by atoms with Crippen molar-refractivity contribution < 1.29 is 18.7 Å². The summed E-state index contributed by atoms with van der Waals surface area (Å²) in [6.07, 6.45) is 0. The first kappa shape index (κ1) is 13.8. The average molecular weight is 298 g/mol. The second kappa shape index (κ2) is 5.68. The van der Waals surface area contributed by atoms with Gasteiger partial charge in [0.2, 0.25) is 0 Å². The lowest BCUT2D eigenvalue weighted by Gasteiger charge is -2.07. The molecule has 0 aliphatic heterocycles. The molecule has 21 heavy (non-hydrogen) atoms. The molecule has 2 aromatic rings. The molecule has 0 aromatic heterocycles. The van der Waals surface area contributed by atoms with Crippen molar-refractivity contribution >= 4 is 20.3 Å². The Morgan fingerprint density at radius 3 is 2.43 bits per heavy atom. The zero-order chi connectivity index (χ0) is 14.8. The van der Waals surface area contributed by atoms with Crippen molar-refractivity contribution in [2.45, 2.75) is 12.5 Å². The van der Waals surface area contributed by atoms with Gasteiger partial charge in [0.15, 0.2) is 11.6 Å². The van der Waals surface area contributed by atoms with Crippen LogP contribution in [0.1, 0.15) is 37.8 Å². The van der Waals surface area contributed by atoms with Gasteiger partial charge in [-0.2, -0.15) is 0 Å². The zero-order valence-corrected chi connectivity index (χ0v) is 11.9. The van der Waals surface area contributed by atoms with Gasteiger partial charge in [0.25, 0.3) is 0 Å². The number of rotatable bonds is 4. The summed E-state index contributed by atoms with van der Waals surface area (Å²) in [5.74, 6) is -1.20. The highest BCUT2D eigenvalue weighted by molar-refractivity contribution is 7.17. The van der Waals surface area contributed by atoms with Gasteiger partial charge >= 0.3 is 8.69 Å². The number of fused-ring (bicyclic) bond motifs is 1. The number of carbonyl (C=O) groups is 2. The van der Waals surface area contributed by atoms with E-state index in [1.165, 1.54) is 0 Å². The standard InChI is InChI=1S/C16H11O4P/c17-15-12-8-4-7-11(9-20-21-19)13(12)16(18)14(15)10-5-2-1-3-6-10/h1-8,14H,9H2. The molecule has 5 heteroatoms. The van der Waals surface area contributed by atoms with Crippen LogP contribution in [0.25, 0.3) is 0 Å². The maximum Gasteiger partial charge on any atom is 0.327 e. The number of Topliss-reactive ketones (excluding diaryl/α,β-unsaturated/α-hetero) is 2. The highest BCUT2D eigenvalue weighted by atomic mass is 31.1. The van der Waals surface area contributed by atoms with Crippen LogP contribution in [-0.2, 0) is 15.7 Å². The molecule has 0 saturated carbocycles. The number of ketones is 2. The second-order valence-corrected chi connectivity index (χ2v) is 5.17. The van der Waals surface area contributed by atoms with Crippen LogP contribution in [0.2, 0.25) is 0 Å². The smallest absolute Gasteiger partial charge is 0.293 e. The van der Waals surface area contributed by atoms with Crippen LogP contribution < -0.4 is 0 Å². The first-order valence-electron chi connectivity index (χ1n) is 6.44. The van der Waals surface area contributed by atoms with Gasteiger partial charge in [-0.1, -0.05) is 48.5 Å². The van der Waals surface area contributed by atoms with Gasteiger partial charge in [-0.3, -0.25) is 14.1 Å². The molecule has 0 saturated heterocycles. The van der Waals surface area contributed by atoms with Crippen LogP contribution in [-0.4, -0.2) is 11.6 Å². The van der Waals surface area contributed by atoms with Gasteiger partial charge < -0.3 is 0 Å². The summed E-state index contributed by atoms with van der Waals surface area (Å²) in [5, 5.41) is 0. The lowest BCUT2D eigenvalue weighted by molar-refractivity contribution is 0.0889. The molecule has 0 fully saturated rings. The molecule has 0 amide bonds. The minimum atomic E-state index is -0.785. The molecular formula is C16H11O4P. The maximum absolute atomic E-state index is 12.6. The van der Waals surface area contributed by atoms with Crippen molar-refractivity contribution in [3.05, 3.63) is 70.8 Å². The van der Waals surface area contributed by atoms with Crippen LogP contribution in [0.3, 0.4) is 0 Å². The molecule has 1 aliphatic carbocycles. The predicted molar refractivity (Wildman–Crippen MR) is 76.7 cm³/mol. The maximum atomic E-state index is 12.6. The van der Waals surface area contributed by atoms with Crippen LogP contribution in [0.15, 0.2) is 48.5 Å². The number of hydrogen-bond acceptors (Lipinski definition) is 4. The molecule has 0 N–H and O–H groups in total. The Hall–Kier alpha value is -2.16. The fourth-order valence-corrected chi connectivity index (χ4v) is 2.87. The SMILES string of the molecule is O=POCc1cccc2c1C(=O)C(c1ccccc1)C2=O. The molecule has 1 atom stereocenters. The quantitative estimate of drug-likeness (QED) is 0.639. The molecular weight excluding hydrogens is 287 g/mol. The number of carbonyl (C=O) groups excluding carboxylic acids is 2. The highest BCUT2D eigenvalue weighted by Crippen LogP contribution is 2.36. The Kier molecular flexibility index (Phi) is 3.74. The van der Waals surface area contributed by atoms with Crippen molar-refractivity contribution in [3.63, 3.8) is 0 Å². The van der Waals surface area contributed by atoms with Crippen LogP contribution in [0.5, 0.6) is 0 Å². The van der Waals surface area contributed by atoms with Gasteiger partial charge in [-0.15, -0.1) is 0 Å². The van der Waals surface area contributed by atoms with Gasteiger partial charge in [-0.05, 0) is 11.1 Å². The fraction of sp³-hybridized carbons (Fsp3) is 0.125. The van der Waals surface area contributed by atoms with Crippen molar-refractivity contribution in [2.75, 3.05) is 0 Å². The molecule has 4 nitrogen and oxygen atoms in total. The monoisotopic (exact) mass is 298 g/mol. The van der Waals surface area contributed by atoms with E-state index in [0.717, 1.165) is 0 Å². The second-order valence-electron chi connectivity index (χ2n) is 4.76. The van der Waals surface area contributed by atoms with E-state index in [0.29, 0.717) is 22.3 Å². The summed E-state index contributed by atoms with van der Waals surface area (Å²) < 4.78 is 15.3. The van der Waals surface area contributed by atoms with Crippen LogP contribution in [0.4, 0.5) is 0 Å². The molecule has 0 heterocycles. The summed E-state index contributed by atoms with van der Waals surface area (Å²) in [5.41, 5.74) is 2.09. The molecule has 1 unspecified atom stereocenters. The molecule has 0 bridgehead atoms. The van der Waals surface area contributed by atoms with Crippen LogP contribution in [0, 0.1) is 0 Å². The minimum absolute atomic E-state index is 0.0365. The molecule has 3 rings (SSSR count). The topological polar surface area (TPSA) is 60.4 Å². The van der Waals surface area contributed by atoms with Crippen molar-refractivity contribution in [1.82, 2.24) is 0 Å². The summed E-state index contributed by atoms with van der Waals surface area (Å²) in [6, 6.07) is 14.1. The van der Waals surface area contributed by atoms with E-state index < -0.39 is 14.6 Å². The fourth-order valence-electron chi connectivity index (χ4n) is 2.68. The zero-order valence-electron chi connectivity index (χ0n) is 11.0. The van der Waals surface area contributed by atoms with E-state index in [1.807, 2.05) is 6.07 Å². The van der Waals surface area contributed by atoms with Gasteiger partial charge in [0.1, 0.15) is 5.92 Å². The minimum Gasteiger partial charge on any atom is -0.293 e. The third-order valence-corrected chi connectivity index (χ3v) is 3.83. The molecule has 0 spiro atoms. The molecule has 0 radical (unpaired) electrons. The van der Waals surface area contributed by atoms with Gasteiger partial charge in [0.05, 0.1) is 6.61 Å². The van der Waals surface area contributed by atoms with E-state index in [1.54, 1.807) is 42.5 Å². The van der Waals surface area contributed by atoms with Crippen LogP contribution >= 0.6 is 8.69 Å². The van der Waals surface area contributed by atoms with Crippen molar-refractivity contribution in [3.8, 4) is 0 Å². The summed E-state index contributed by atoms with van der Waals surface area (Å²) >= 11 is 0. The Morgan fingerprint density at radius 2 is 1.71 bits per heavy atom. The Balaban J connectivity index is 2.06. The third-order valence-electron chi connectivity index (χ3n) is 3.59. The van der Waals surface area contributed by atoms with E-state index in [4.69, 9.17) is 4.52 Å². The lowest BCUT2D eigenvalue weighted by Crippen LogP contribution is -2.13. The first-order valence-corrected chi connectivity index (χ1v) is 7.17. The van der Waals surface area contributed by atoms with E-state index >= 15 is 0 Å². The number of benzene rings is 2. The first-order chi connectivity index (χ1) is 10.2. The average Bonchev–Trinajstić information content (AvgIpc) is 2.78. The van der Waals surface area contributed by atoms with Gasteiger partial charge in [-0.25, -0.2) is 4.57 Å². The van der Waals surface area contributed by atoms with E-state index in [2.05, 4.69) is 0 Å². The Labute approximate surface area is 123 Å². The summed E-state index contributed by atoms with van der Waals surface area (Å²) in [4.78, 5) is 25.1. The molecule has 2 aromatic carbocycles.